The number of urea groups is 1. The number of imide groups is 1. The minimum atomic E-state index is -1.95. The molecule has 2 aromatic rings. The molecular weight excluding hydrogens is 382 g/mol. The maximum Gasteiger partial charge on any atom is 0.325 e. The zero-order valence-corrected chi connectivity index (χ0v) is 14.4. The van der Waals surface area contributed by atoms with Gasteiger partial charge in [-0.3, -0.25) is 14.5 Å². The van der Waals surface area contributed by atoms with Crippen molar-refractivity contribution in [3.8, 4) is 0 Å². The van der Waals surface area contributed by atoms with Crippen molar-refractivity contribution >= 4 is 23.5 Å². The molecule has 1 aliphatic heterocycles. The molecular formula is C18H13F4N3O3. The Hall–Kier alpha value is -3.43. The van der Waals surface area contributed by atoms with Gasteiger partial charge in [0.15, 0.2) is 0 Å². The molecule has 0 saturated carbocycles. The molecule has 1 atom stereocenters. The molecule has 3 rings (SSSR count). The van der Waals surface area contributed by atoms with Gasteiger partial charge in [-0.1, -0.05) is 6.07 Å². The monoisotopic (exact) mass is 395 g/mol. The fraction of sp³-hybridized carbons (Fsp3) is 0.167. The zero-order valence-electron chi connectivity index (χ0n) is 14.4. The topological polar surface area (TPSA) is 78.5 Å². The van der Waals surface area contributed by atoms with Crippen LogP contribution in [0.5, 0.6) is 0 Å². The van der Waals surface area contributed by atoms with Crippen LogP contribution < -0.4 is 10.6 Å². The van der Waals surface area contributed by atoms with Crippen LogP contribution in [0.15, 0.2) is 36.4 Å². The predicted octanol–water partition coefficient (Wildman–Crippen LogP) is 2.65. The summed E-state index contributed by atoms with van der Waals surface area (Å²) >= 11 is 0. The van der Waals surface area contributed by atoms with Gasteiger partial charge in [0.05, 0.1) is 0 Å². The van der Waals surface area contributed by atoms with E-state index in [1.165, 1.54) is 0 Å². The molecule has 1 fully saturated rings. The Labute approximate surface area is 156 Å². The third-order valence-electron chi connectivity index (χ3n) is 4.27. The quantitative estimate of drug-likeness (QED) is 0.617. The third kappa shape index (κ3) is 3.28. The lowest BCUT2D eigenvalue weighted by atomic mass is 9.91. The molecule has 28 heavy (non-hydrogen) atoms. The number of nitrogens with one attached hydrogen (secondary N) is 2. The average molecular weight is 395 g/mol. The molecule has 0 aromatic heterocycles. The van der Waals surface area contributed by atoms with E-state index in [-0.39, 0.29) is 0 Å². The van der Waals surface area contributed by atoms with Gasteiger partial charge in [-0.2, -0.15) is 0 Å². The summed E-state index contributed by atoms with van der Waals surface area (Å²) in [5.41, 5.74) is -3.11. The first-order valence-corrected chi connectivity index (χ1v) is 7.97. The van der Waals surface area contributed by atoms with Gasteiger partial charge in [0.2, 0.25) is 5.91 Å². The number of nitrogens with zero attached hydrogens (tertiary/aromatic N) is 1. The van der Waals surface area contributed by atoms with Gasteiger partial charge in [0, 0.05) is 5.56 Å². The fourth-order valence-corrected chi connectivity index (χ4v) is 2.84. The number of carbonyl (C=O) groups excluding carboxylic acids is 3. The van der Waals surface area contributed by atoms with E-state index in [4.69, 9.17) is 0 Å². The van der Waals surface area contributed by atoms with Crippen LogP contribution in [0.3, 0.4) is 0 Å². The van der Waals surface area contributed by atoms with Gasteiger partial charge >= 0.3 is 6.03 Å². The molecule has 0 unspecified atom stereocenters. The highest BCUT2D eigenvalue weighted by molar-refractivity contribution is 6.10. The number of amides is 4. The number of benzene rings is 2. The van der Waals surface area contributed by atoms with Gasteiger partial charge in [-0.15, -0.1) is 0 Å². The first-order chi connectivity index (χ1) is 13.1. The fourth-order valence-electron chi connectivity index (χ4n) is 2.84. The van der Waals surface area contributed by atoms with Crippen LogP contribution in [0.4, 0.5) is 28.0 Å². The highest BCUT2D eigenvalue weighted by Crippen LogP contribution is 2.31. The Morgan fingerprint density at radius 3 is 2.36 bits per heavy atom. The number of para-hydroxylation sites is 1. The van der Waals surface area contributed by atoms with E-state index in [2.05, 4.69) is 5.32 Å². The molecule has 2 N–H and O–H groups in total. The van der Waals surface area contributed by atoms with Crippen LogP contribution >= 0.6 is 0 Å². The number of carbonyl (C=O) groups is 3. The van der Waals surface area contributed by atoms with Crippen LogP contribution in [0.2, 0.25) is 0 Å². The summed E-state index contributed by atoms with van der Waals surface area (Å²) in [6.45, 7) is 0.268. The highest BCUT2D eigenvalue weighted by atomic mass is 19.1. The van der Waals surface area contributed by atoms with Crippen LogP contribution in [-0.4, -0.2) is 29.3 Å². The summed E-state index contributed by atoms with van der Waals surface area (Å²) in [6, 6.07) is 4.28. The van der Waals surface area contributed by atoms with Crippen molar-refractivity contribution in [3.05, 3.63) is 65.2 Å². The van der Waals surface area contributed by atoms with E-state index < -0.39 is 64.4 Å². The molecule has 146 valence electrons. The molecule has 2 aromatic carbocycles. The van der Waals surface area contributed by atoms with Crippen LogP contribution in [0, 0.1) is 23.3 Å². The van der Waals surface area contributed by atoms with Gasteiger partial charge in [-0.25, -0.2) is 22.4 Å². The molecule has 4 amide bonds. The van der Waals surface area contributed by atoms with E-state index in [9.17, 15) is 31.9 Å². The summed E-state index contributed by atoms with van der Waals surface area (Å²) < 4.78 is 54.8. The Morgan fingerprint density at radius 2 is 1.71 bits per heavy atom. The van der Waals surface area contributed by atoms with E-state index in [1.807, 2.05) is 5.32 Å². The molecule has 0 radical (unpaired) electrons. The van der Waals surface area contributed by atoms with Crippen molar-refractivity contribution in [2.75, 3.05) is 11.9 Å². The van der Waals surface area contributed by atoms with Crippen molar-refractivity contribution in [2.24, 2.45) is 0 Å². The molecule has 0 spiro atoms. The van der Waals surface area contributed by atoms with Crippen molar-refractivity contribution in [1.82, 2.24) is 10.2 Å². The van der Waals surface area contributed by atoms with E-state index in [1.54, 1.807) is 0 Å². The maximum absolute atomic E-state index is 14.1. The van der Waals surface area contributed by atoms with E-state index in [0.717, 1.165) is 43.3 Å². The number of hydrogen-bond acceptors (Lipinski definition) is 3. The molecule has 1 aliphatic rings. The number of rotatable bonds is 4. The Kier molecular flexibility index (Phi) is 4.80. The Balaban J connectivity index is 1.82. The van der Waals surface area contributed by atoms with Gasteiger partial charge < -0.3 is 10.6 Å². The van der Waals surface area contributed by atoms with E-state index >= 15 is 0 Å². The lowest BCUT2D eigenvalue weighted by Crippen LogP contribution is -2.42. The largest absolute Gasteiger partial charge is 0.325 e. The predicted molar refractivity (Wildman–Crippen MR) is 88.9 cm³/mol. The van der Waals surface area contributed by atoms with Crippen molar-refractivity contribution < 1.29 is 31.9 Å². The molecule has 10 heteroatoms. The van der Waals surface area contributed by atoms with E-state index in [0.29, 0.717) is 4.90 Å². The lowest BCUT2D eigenvalue weighted by Gasteiger charge is -2.22. The summed E-state index contributed by atoms with van der Waals surface area (Å²) in [5.74, 6) is -5.93. The number of anilines is 1. The van der Waals surface area contributed by atoms with Crippen LogP contribution in [0.1, 0.15) is 12.5 Å². The minimum Gasteiger partial charge on any atom is -0.320 e. The average Bonchev–Trinajstić information content (AvgIpc) is 2.84. The highest BCUT2D eigenvalue weighted by Gasteiger charge is 2.50. The summed E-state index contributed by atoms with van der Waals surface area (Å²) in [5, 5.41) is 4.15. The Bertz CT molecular complexity index is 978. The summed E-state index contributed by atoms with van der Waals surface area (Å²) in [4.78, 5) is 37.3. The molecule has 0 aliphatic carbocycles. The zero-order chi connectivity index (χ0) is 20.6. The van der Waals surface area contributed by atoms with Crippen molar-refractivity contribution in [3.63, 3.8) is 0 Å². The first-order valence-electron chi connectivity index (χ1n) is 7.97. The van der Waals surface area contributed by atoms with Crippen LogP contribution in [-0.2, 0) is 15.1 Å². The molecule has 1 heterocycles. The standard InChI is InChI=1S/C18H13F4N3O3/c1-18(10-7-9(19)5-6-11(10)20)16(27)25(17(28)24-18)8-14(26)23-15-12(21)3-2-4-13(15)22/h2-7H,8H2,1H3,(H,23,26)(H,24,28)/t18-/m0/s1. The third-order valence-corrected chi connectivity index (χ3v) is 4.27. The summed E-state index contributed by atoms with van der Waals surface area (Å²) in [7, 11) is 0. The number of hydrogen-bond donors (Lipinski definition) is 2. The SMILES string of the molecule is C[C@@]1(c2cc(F)ccc2F)NC(=O)N(CC(=O)Nc2c(F)cccc2F)C1=O. The second kappa shape index (κ2) is 6.95. The van der Waals surface area contributed by atoms with Crippen LogP contribution in [0.25, 0.3) is 0 Å². The summed E-state index contributed by atoms with van der Waals surface area (Å²) in [6.07, 6.45) is 0. The second-order valence-electron chi connectivity index (χ2n) is 6.22. The lowest BCUT2D eigenvalue weighted by molar-refractivity contribution is -0.133. The molecule has 6 nitrogen and oxygen atoms in total. The smallest absolute Gasteiger partial charge is 0.320 e. The van der Waals surface area contributed by atoms with Gasteiger partial charge in [0.25, 0.3) is 5.91 Å². The first kappa shape index (κ1) is 19.3. The van der Waals surface area contributed by atoms with Crippen molar-refractivity contribution in [2.45, 2.75) is 12.5 Å². The maximum atomic E-state index is 14.1. The van der Waals surface area contributed by atoms with Crippen molar-refractivity contribution in [1.29, 1.82) is 0 Å². The van der Waals surface area contributed by atoms with Gasteiger partial charge in [0.1, 0.15) is 41.0 Å². The normalized spacial score (nSPS) is 19.0. The second-order valence-corrected chi connectivity index (χ2v) is 6.22. The minimum absolute atomic E-state index is 0.422. The van der Waals surface area contributed by atoms with Gasteiger partial charge in [-0.05, 0) is 37.3 Å². The molecule has 0 bridgehead atoms. The Morgan fingerprint density at radius 1 is 1.07 bits per heavy atom. The molecule has 1 saturated heterocycles. The number of halogens is 4.